The average molecular weight is 318 g/mol. The molecular weight excluding hydrogens is 296 g/mol. The molecule has 6 heteroatoms. The van der Waals surface area contributed by atoms with Crippen molar-refractivity contribution in [2.24, 2.45) is 0 Å². The summed E-state index contributed by atoms with van der Waals surface area (Å²) in [4.78, 5) is 27.2. The molecule has 3 rings (SSSR count). The quantitative estimate of drug-likeness (QED) is 0.822. The van der Waals surface area contributed by atoms with Gasteiger partial charge in [0.05, 0.1) is 0 Å². The zero-order valence-corrected chi connectivity index (χ0v) is 13.4. The molecule has 1 fully saturated rings. The van der Waals surface area contributed by atoms with Gasteiger partial charge in [-0.15, -0.1) is 0 Å². The van der Waals surface area contributed by atoms with E-state index in [2.05, 4.69) is 11.0 Å². The van der Waals surface area contributed by atoms with Crippen LogP contribution in [0.25, 0.3) is 0 Å². The third kappa shape index (κ3) is 4.01. The fourth-order valence-electron chi connectivity index (χ4n) is 2.89. The first kappa shape index (κ1) is 15.8. The van der Waals surface area contributed by atoms with E-state index in [1.54, 1.807) is 0 Å². The molecular formula is C17H22N2O4. The molecule has 6 nitrogen and oxygen atoms in total. The minimum atomic E-state index is 0.0693. The second kappa shape index (κ2) is 7.00. The Morgan fingerprint density at radius 3 is 2.52 bits per heavy atom. The van der Waals surface area contributed by atoms with Crippen molar-refractivity contribution >= 4 is 11.7 Å². The summed E-state index contributed by atoms with van der Waals surface area (Å²) in [5.41, 5.74) is 1.19. The van der Waals surface area contributed by atoms with Crippen molar-refractivity contribution in [1.29, 1.82) is 0 Å². The van der Waals surface area contributed by atoms with Gasteiger partial charge in [-0.2, -0.15) is 0 Å². The predicted octanol–water partition coefficient (Wildman–Crippen LogP) is 1.43. The van der Waals surface area contributed by atoms with Gasteiger partial charge in [-0.3, -0.25) is 9.69 Å². The first-order valence-electron chi connectivity index (χ1n) is 8.00. The number of hydrogen-bond acceptors (Lipinski definition) is 5. The van der Waals surface area contributed by atoms with E-state index in [0.29, 0.717) is 19.6 Å². The smallest absolute Gasteiger partial charge is 0.231 e. The van der Waals surface area contributed by atoms with Gasteiger partial charge >= 0.3 is 0 Å². The topological polar surface area (TPSA) is 59.1 Å². The molecule has 0 saturated carbocycles. The fraction of sp³-hybridized carbons (Fsp3) is 0.529. The van der Waals surface area contributed by atoms with Crippen LogP contribution in [-0.2, 0) is 16.1 Å². The van der Waals surface area contributed by atoms with Gasteiger partial charge in [0.25, 0.3) is 0 Å². The predicted molar refractivity (Wildman–Crippen MR) is 84.3 cm³/mol. The van der Waals surface area contributed by atoms with Crippen molar-refractivity contribution in [1.82, 2.24) is 9.80 Å². The third-order valence-electron chi connectivity index (χ3n) is 4.26. The first-order chi connectivity index (χ1) is 11.1. The number of nitrogens with zero attached hydrogens (tertiary/aromatic N) is 2. The van der Waals surface area contributed by atoms with Crippen molar-refractivity contribution < 1.29 is 19.1 Å². The summed E-state index contributed by atoms with van der Waals surface area (Å²) in [7, 11) is 0. The highest BCUT2D eigenvalue weighted by molar-refractivity contribution is 5.83. The van der Waals surface area contributed by atoms with E-state index < -0.39 is 0 Å². The Hall–Kier alpha value is -2.08. The molecule has 1 saturated heterocycles. The van der Waals surface area contributed by atoms with Gasteiger partial charge in [0.15, 0.2) is 11.5 Å². The summed E-state index contributed by atoms with van der Waals surface area (Å²) in [5, 5.41) is 0. The van der Waals surface area contributed by atoms with Crippen LogP contribution in [0.2, 0.25) is 0 Å². The fourth-order valence-corrected chi connectivity index (χ4v) is 2.89. The second-order valence-corrected chi connectivity index (χ2v) is 6.05. The molecule has 0 aromatic heterocycles. The van der Waals surface area contributed by atoms with Crippen LogP contribution in [0.1, 0.15) is 25.3 Å². The Labute approximate surface area is 136 Å². The maximum absolute atomic E-state index is 12.0. The molecule has 0 atom stereocenters. The van der Waals surface area contributed by atoms with Crippen LogP contribution in [-0.4, -0.2) is 54.5 Å². The minimum absolute atomic E-state index is 0.0693. The van der Waals surface area contributed by atoms with Crippen LogP contribution in [0, 0.1) is 0 Å². The summed E-state index contributed by atoms with van der Waals surface area (Å²) >= 11 is 0. The molecule has 0 spiro atoms. The summed E-state index contributed by atoms with van der Waals surface area (Å²) in [6.07, 6.45) is 0.674. The van der Waals surface area contributed by atoms with Gasteiger partial charge < -0.3 is 19.2 Å². The van der Waals surface area contributed by atoms with Crippen LogP contribution in [0.4, 0.5) is 0 Å². The van der Waals surface area contributed by atoms with Crippen molar-refractivity contribution in [2.75, 3.05) is 33.0 Å². The zero-order chi connectivity index (χ0) is 16.2. The highest BCUT2D eigenvalue weighted by Gasteiger charge is 2.22. The summed E-state index contributed by atoms with van der Waals surface area (Å²) in [6.45, 7) is 5.80. The number of benzene rings is 1. The molecule has 23 heavy (non-hydrogen) atoms. The number of Topliss-reactive ketones (excluding diaryl/α,β-unsaturated/α-hetero) is 1. The van der Waals surface area contributed by atoms with E-state index >= 15 is 0 Å². The highest BCUT2D eigenvalue weighted by atomic mass is 16.7. The summed E-state index contributed by atoms with van der Waals surface area (Å²) < 4.78 is 10.7. The lowest BCUT2D eigenvalue weighted by Crippen LogP contribution is -2.48. The SMILES string of the molecule is CC(=O)CCC(=O)N1CCN(Cc2ccc3c(c2)OCO3)CC1. The number of fused-ring (bicyclic) bond motifs is 1. The number of carbonyl (C=O) groups excluding carboxylic acids is 2. The van der Waals surface area contributed by atoms with Crippen LogP contribution < -0.4 is 9.47 Å². The number of rotatable bonds is 5. The monoisotopic (exact) mass is 318 g/mol. The van der Waals surface area contributed by atoms with E-state index in [1.807, 2.05) is 17.0 Å². The molecule has 0 aliphatic carbocycles. The molecule has 2 heterocycles. The Morgan fingerprint density at radius 2 is 1.78 bits per heavy atom. The molecule has 0 N–H and O–H groups in total. The number of amides is 1. The van der Waals surface area contributed by atoms with E-state index in [1.165, 1.54) is 12.5 Å². The van der Waals surface area contributed by atoms with E-state index in [4.69, 9.17) is 9.47 Å². The second-order valence-electron chi connectivity index (χ2n) is 6.05. The first-order valence-corrected chi connectivity index (χ1v) is 8.00. The lowest BCUT2D eigenvalue weighted by Gasteiger charge is -2.34. The van der Waals surface area contributed by atoms with Crippen LogP contribution >= 0.6 is 0 Å². The molecule has 124 valence electrons. The van der Waals surface area contributed by atoms with Gasteiger partial charge in [0.1, 0.15) is 5.78 Å². The Balaban J connectivity index is 1.47. The van der Waals surface area contributed by atoms with Crippen molar-refractivity contribution in [3.05, 3.63) is 23.8 Å². The summed E-state index contributed by atoms with van der Waals surface area (Å²) in [5.74, 6) is 1.76. The Morgan fingerprint density at radius 1 is 1.04 bits per heavy atom. The number of piperazine rings is 1. The van der Waals surface area contributed by atoms with Gasteiger partial charge in [-0.1, -0.05) is 6.07 Å². The molecule has 2 aliphatic heterocycles. The van der Waals surface area contributed by atoms with Crippen LogP contribution in [0.5, 0.6) is 11.5 Å². The van der Waals surface area contributed by atoms with Crippen molar-refractivity contribution in [3.63, 3.8) is 0 Å². The number of hydrogen-bond donors (Lipinski definition) is 0. The zero-order valence-electron chi connectivity index (χ0n) is 13.4. The number of carbonyl (C=O) groups is 2. The average Bonchev–Trinajstić information content (AvgIpc) is 3.01. The number of ether oxygens (including phenoxy) is 2. The standard InChI is InChI=1S/C17H22N2O4/c1-13(20)2-5-17(21)19-8-6-18(7-9-19)11-14-3-4-15-16(10-14)23-12-22-15/h3-4,10H,2,5-9,11-12H2,1H3. The maximum atomic E-state index is 12.0. The molecule has 0 unspecified atom stereocenters. The number of ketones is 1. The minimum Gasteiger partial charge on any atom is -0.454 e. The molecule has 1 aromatic rings. The van der Waals surface area contributed by atoms with Gasteiger partial charge in [-0.05, 0) is 24.6 Å². The van der Waals surface area contributed by atoms with E-state index in [9.17, 15) is 9.59 Å². The Bertz CT molecular complexity index is 594. The Kier molecular flexibility index (Phi) is 4.81. The molecule has 2 aliphatic rings. The normalized spacial score (nSPS) is 17.3. The lowest BCUT2D eigenvalue weighted by molar-refractivity contribution is -0.134. The van der Waals surface area contributed by atoms with Gasteiger partial charge in [-0.25, -0.2) is 0 Å². The van der Waals surface area contributed by atoms with Crippen molar-refractivity contribution in [3.8, 4) is 11.5 Å². The van der Waals surface area contributed by atoms with Gasteiger partial charge in [0.2, 0.25) is 12.7 Å². The van der Waals surface area contributed by atoms with Crippen LogP contribution in [0.3, 0.4) is 0 Å². The lowest BCUT2D eigenvalue weighted by atomic mass is 10.1. The molecule has 0 bridgehead atoms. The molecule has 0 radical (unpaired) electrons. The molecule has 1 aromatic carbocycles. The van der Waals surface area contributed by atoms with E-state index in [0.717, 1.165) is 44.2 Å². The van der Waals surface area contributed by atoms with Crippen LogP contribution in [0.15, 0.2) is 18.2 Å². The summed E-state index contributed by atoms with van der Waals surface area (Å²) in [6, 6.07) is 6.02. The van der Waals surface area contributed by atoms with Crippen molar-refractivity contribution in [2.45, 2.75) is 26.3 Å². The van der Waals surface area contributed by atoms with Gasteiger partial charge in [0, 0.05) is 45.6 Å². The van der Waals surface area contributed by atoms with E-state index in [-0.39, 0.29) is 11.7 Å². The highest BCUT2D eigenvalue weighted by Crippen LogP contribution is 2.32. The largest absolute Gasteiger partial charge is 0.454 e. The maximum Gasteiger partial charge on any atom is 0.231 e. The third-order valence-corrected chi connectivity index (χ3v) is 4.26. The molecule has 1 amide bonds.